The van der Waals surface area contributed by atoms with E-state index in [-0.39, 0.29) is 17.4 Å². The number of likely N-dealkylation sites (N-methyl/N-ethyl adjacent to an activating group) is 1. The van der Waals surface area contributed by atoms with Gasteiger partial charge in [-0.3, -0.25) is 9.20 Å². The highest BCUT2D eigenvalue weighted by atomic mass is 16.4. The highest BCUT2D eigenvalue weighted by Gasteiger charge is 2.22. The van der Waals surface area contributed by atoms with Gasteiger partial charge in [-0.05, 0) is 19.1 Å². The van der Waals surface area contributed by atoms with Crippen LogP contribution in [0.1, 0.15) is 17.4 Å². The van der Waals surface area contributed by atoms with Gasteiger partial charge < -0.3 is 15.3 Å². The van der Waals surface area contributed by atoms with Crippen LogP contribution in [0.2, 0.25) is 0 Å². The molecule has 1 amide bonds. The number of hydrogen-bond donors (Lipinski definition) is 2. The molecule has 0 saturated carbocycles. The van der Waals surface area contributed by atoms with Gasteiger partial charge in [0.15, 0.2) is 11.5 Å². The average Bonchev–Trinajstić information content (AvgIpc) is 2.75. The van der Waals surface area contributed by atoms with Gasteiger partial charge in [0.2, 0.25) is 5.91 Å². The monoisotopic (exact) mass is 276 g/mol. The summed E-state index contributed by atoms with van der Waals surface area (Å²) in [6.45, 7) is 1.66. The van der Waals surface area contributed by atoms with E-state index in [4.69, 9.17) is 0 Å². The van der Waals surface area contributed by atoms with E-state index in [9.17, 15) is 14.7 Å². The zero-order valence-corrected chi connectivity index (χ0v) is 11.5. The van der Waals surface area contributed by atoms with Crippen LogP contribution in [0, 0.1) is 0 Å². The Balaban J connectivity index is 2.41. The molecule has 0 aromatic carbocycles. The smallest absolute Gasteiger partial charge is 0.356 e. The summed E-state index contributed by atoms with van der Waals surface area (Å²) in [6, 6.07) is 4.63. The van der Waals surface area contributed by atoms with E-state index in [0.29, 0.717) is 5.65 Å². The van der Waals surface area contributed by atoms with E-state index in [2.05, 4.69) is 10.3 Å². The lowest BCUT2D eigenvalue weighted by molar-refractivity contribution is -0.129. The standard InChI is InChI=1S/C13H16N4O3/c1-8(12(18)16(2)3)14-11-10(13(19)20)17-7-5-4-6-9(17)15-11/h4-8,14H,1-3H3,(H,19,20). The molecule has 0 aliphatic carbocycles. The van der Waals surface area contributed by atoms with Crippen molar-refractivity contribution >= 4 is 23.3 Å². The number of nitrogens with zero attached hydrogens (tertiary/aromatic N) is 3. The van der Waals surface area contributed by atoms with Gasteiger partial charge >= 0.3 is 5.97 Å². The third kappa shape index (κ3) is 2.42. The summed E-state index contributed by atoms with van der Waals surface area (Å²) in [4.78, 5) is 28.9. The van der Waals surface area contributed by atoms with Gasteiger partial charge in [0.25, 0.3) is 0 Å². The fourth-order valence-electron chi connectivity index (χ4n) is 1.95. The molecule has 0 aliphatic heterocycles. The second-order valence-electron chi connectivity index (χ2n) is 4.64. The van der Waals surface area contributed by atoms with Gasteiger partial charge in [-0.15, -0.1) is 0 Å². The molecule has 2 aromatic rings. The SMILES string of the molecule is CC(Nc1nc2ccccn2c1C(=O)O)C(=O)N(C)C. The normalized spacial score (nSPS) is 12.2. The molecule has 2 rings (SSSR count). The van der Waals surface area contributed by atoms with Crippen molar-refractivity contribution in [3.05, 3.63) is 30.1 Å². The summed E-state index contributed by atoms with van der Waals surface area (Å²) in [6.07, 6.45) is 1.62. The summed E-state index contributed by atoms with van der Waals surface area (Å²) in [5, 5.41) is 12.2. The number of carbonyl (C=O) groups excluding carboxylic acids is 1. The highest BCUT2D eigenvalue weighted by molar-refractivity contribution is 5.94. The van der Waals surface area contributed by atoms with Crippen LogP contribution in [0.5, 0.6) is 0 Å². The number of pyridine rings is 1. The molecule has 2 heterocycles. The van der Waals surface area contributed by atoms with Crippen molar-refractivity contribution in [3.63, 3.8) is 0 Å². The molecule has 0 radical (unpaired) electrons. The number of carboxylic acid groups (broad SMARTS) is 1. The summed E-state index contributed by atoms with van der Waals surface area (Å²) < 4.78 is 1.47. The minimum atomic E-state index is -1.10. The molecule has 106 valence electrons. The van der Waals surface area contributed by atoms with Crippen molar-refractivity contribution in [3.8, 4) is 0 Å². The topological polar surface area (TPSA) is 86.9 Å². The minimum Gasteiger partial charge on any atom is -0.476 e. The van der Waals surface area contributed by atoms with E-state index < -0.39 is 12.0 Å². The Morgan fingerprint density at radius 2 is 2.10 bits per heavy atom. The summed E-state index contributed by atoms with van der Waals surface area (Å²) in [5.74, 6) is -1.07. The van der Waals surface area contributed by atoms with Crippen LogP contribution in [-0.4, -0.2) is 51.4 Å². The van der Waals surface area contributed by atoms with Gasteiger partial charge in [0.05, 0.1) is 0 Å². The molecule has 0 aliphatic rings. The van der Waals surface area contributed by atoms with Crippen molar-refractivity contribution in [2.24, 2.45) is 0 Å². The van der Waals surface area contributed by atoms with Crippen LogP contribution in [0.3, 0.4) is 0 Å². The number of carboxylic acids is 1. The van der Waals surface area contributed by atoms with Crippen LogP contribution in [0.15, 0.2) is 24.4 Å². The van der Waals surface area contributed by atoms with E-state index in [0.717, 1.165) is 0 Å². The number of anilines is 1. The molecule has 0 saturated heterocycles. The van der Waals surface area contributed by atoms with Crippen LogP contribution >= 0.6 is 0 Å². The molecule has 2 aromatic heterocycles. The Morgan fingerprint density at radius 3 is 2.70 bits per heavy atom. The number of aromatic carboxylic acids is 1. The third-order valence-corrected chi connectivity index (χ3v) is 2.90. The molecule has 7 heteroatoms. The summed E-state index contributed by atoms with van der Waals surface area (Å²) in [7, 11) is 3.28. The predicted octanol–water partition coefficient (Wildman–Crippen LogP) is 0.921. The second-order valence-corrected chi connectivity index (χ2v) is 4.64. The molecule has 20 heavy (non-hydrogen) atoms. The van der Waals surface area contributed by atoms with Gasteiger partial charge in [-0.1, -0.05) is 6.07 Å². The Bertz CT molecular complexity index is 663. The molecule has 0 spiro atoms. The maximum atomic E-state index is 11.8. The van der Waals surface area contributed by atoms with E-state index in [1.54, 1.807) is 45.4 Å². The summed E-state index contributed by atoms with van der Waals surface area (Å²) >= 11 is 0. The third-order valence-electron chi connectivity index (χ3n) is 2.90. The largest absolute Gasteiger partial charge is 0.476 e. The number of nitrogens with one attached hydrogen (secondary N) is 1. The number of amides is 1. The van der Waals surface area contributed by atoms with Crippen LogP contribution in [-0.2, 0) is 4.79 Å². The number of fused-ring (bicyclic) bond motifs is 1. The lowest BCUT2D eigenvalue weighted by Gasteiger charge is -2.17. The van der Waals surface area contributed by atoms with Gasteiger partial charge in [-0.25, -0.2) is 9.78 Å². The van der Waals surface area contributed by atoms with Crippen molar-refractivity contribution in [2.45, 2.75) is 13.0 Å². The number of imidazole rings is 1. The van der Waals surface area contributed by atoms with Crippen LogP contribution in [0.4, 0.5) is 5.82 Å². The average molecular weight is 276 g/mol. The van der Waals surface area contributed by atoms with Crippen LogP contribution < -0.4 is 5.32 Å². The molecular formula is C13H16N4O3. The molecule has 1 atom stereocenters. The lowest BCUT2D eigenvalue weighted by atomic mass is 10.3. The van der Waals surface area contributed by atoms with Crippen molar-refractivity contribution in [2.75, 3.05) is 19.4 Å². The fraction of sp³-hybridized carbons (Fsp3) is 0.308. The quantitative estimate of drug-likeness (QED) is 0.867. The van der Waals surface area contributed by atoms with Gasteiger partial charge in [-0.2, -0.15) is 0 Å². The molecular weight excluding hydrogens is 260 g/mol. The molecule has 1 unspecified atom stereocenters. The van der Waals surface area contributed by atoms with E-state index >= 15 is 0 Å². The zero-order chi connectivity index (χ0) is 14.9. The molecule has 0 fully saturated rings. The first-order valence-electron chi connectivity index (χ1n) is 6.10. The first-order valence-corrected chi connectivity index (χ1v) is 6.10. The van der Waals surface area contributed by atoms with Crippen LogP contribution in [0.25, 0.3) is 5.65 Å². The van der Waals surface area contributed by atoms with Gasteiger partial charge in [0.1, 0.15) is 11.7 Å². The number of carbonyl (C=O) groups is 2. The number of rotatable bonds is 4. The fourth-order valence-corrected chi connectivity index (χ4v) is 1.95. The Hall–Kier alpha value is -2.57. The second kappa shape index (κ2) is 5.20. The molecule has 0 bridgehead atoms. The van der Waals surface area contributed by atoms with Gasteiger partial charge in [0, 0.05) is 20.3 Å². The number of aromatic nitrogens is 2. The number of hydrogen-bond acceptors (Lipinski definition) is 4. The lowest BCUT2D eigenvalue weighted by Crippen LogP contribution is -2.37. The van der Waals surface area contributed by atoms with Crippen molar-refractivity contribution in [1.82, 2.24) is 14.3 Å². The van der Waals surface area contributed by atoms with Crippen molar-refractivity contribution < 1.29 is 14.7 Å². The minimum absolute atomic E-state index is 0.0130. The molecule has 2 N–H and O–H groups in total. The Kier molecular flexibility index (Phi) is 3.60. The Labute approximate surface area is 115 Å². The van der Waals surface area contributed by atoms with Crippen molar-refractivity contribution in [1.29, 1.82) is 0 Å². The van der Waals surface area contributed by atoms with E-state index in [1.807, 2.05) is 0 Å². The Morgan fingerprint density at radius 1 is 1.40 bits per heavy atom. The first kappa shape index (κ1) is 13.9. The maximum Gasteiger partial charge on any atom is 0.356 e. The zero-order valence-electron chi connectivity index (χ0n) is 11.5. The van der Waals surface area contributed by atoms with E-state index in [1.165, 1.54) is 9.30 Å². The predicted molar refractivity (Wildman–Crippen MR) is 73.9 cm³/mol. The first-order chi connectivity index (χ1) is 9.41. The maximum absolute atomic E-state index is 11.8. The highest BCUT2D eigenvalue weighted by Crippen LogP contribution is 2.18. The summed E-state index contributed by atoms with van der Waals surface area (Å²) in [5.41, 5.74) is 0.524. The molecule has 7 nitrogen and oxygen atoms in total.